The number of hydrogen-bond acceptors (Lipinski definition) is 3. The van der Waals surface area contributed by atoms with Gasteiger partial charge in [0.25, 0.3) is 0 Å². The molecule has 0 unspecified atom stereocenters. The number of aliphatic imine (C=N–C) groups is 1. The summed E-state index contributed by atoms with van der Waals surface area (Å²) in [6, 6.07) is 11.9. The summed E-state index contributed by atoms with van der Waals surface area (Å²) in [5.41, 5.74) is 5.55. The smallest absolute Gasteiger partial charge is 0.338 e. The quantitative estimate of drug-likeness (QED) is 0.407. The van der Waals surface area contributed by atoms with Crippen molar-refractivity contribution in [3.8, 4) is 0 Å². The molecular formula is C22H28N2O2. The van der Waals surface area contributed by atoms with E-state index in [4.69, 9.17) is 4.74 Å². The second-order valence-corrected chi connectivity index (χ2v) is 6.52. The van der Waals surface area contributed by atoms with Crippen molar-refractivity contribution >= 4 is 18.0 Å². The van der Waals surface area contributed by atoms with Gasteiger partial charge in [-0.3, -0.25) is 0 Å². The molecule has 0 aliphatic rings. The fourth-order valence-electron chi connectivity index (χ4n) is 2.50. The highest BCUT2D eigenvalue weighted by Gasteiger charge is 2.13. The van der Waals surface area contributed by atoms with Crippen molar-refractivity contribution in [1.82, 2.24) is 4.90 Å². The number of rotatable bonds is 7. The Bertz CT molecular complexity index is 779. The summed E-state index contributed by atoms with van der Waals surface area (Å²) in [4.78, 5) is 19.0. The third-order valence-corrected chi connectivity index (χ3v) is 4.46. The van der Waals surface area contributed by atoms with Crippen molar-refractivity contribution in [3.63, 3.8) is 0 Å². The zero-order valence-corrected chi connectivity index (χ0v) is 16.4. The van der Waals surface area contributed by atoms with Gasteiger partial charge in [0.2, 0.25) is 0 Å². The first-order valence-corrected chi connectivity index (χ1v) is 9.05. The predicted molar refractivity (Wildman–Crippen MR) is 107 cm³/mol. The molecule has 138 valence electrons. The molecule has 0 spiro atoms. The zero-order valence-electron chi connectivity index (χ0n) is 16.4. The summed E-state index contributed by atoms with van der Waals surface area (Å²) < 4.78 is 5.49. The zero-order chi connectivity index (χ0) is 19.1. The topological polar surface area (TPSA) is 41.9 Å². The maximum absolute atomic E-state index is 12.5. The van der Waals surface area contributed by atoms with Gasteiger partial charge in [-0.15, -0.1) is 0 Å². The molecular weight excluding hydrogens is 324 g/mol. The molecule has 0 aliphatic carbocycles. The fourth-order valence-corrected chi connectivity index (χ4v) is 2.50. The normalized spacial score (nSPS) is 11.0. The first-order valence-electron chi connectivity index (χ1n) is 9.05. The predicted octanol–water partition coefficient (Wildman–Crippen LogP) is 4.83. The van der Waals surface area contributed by atoms with Crippen LogP contribution in [-0.4, -0.2) is 30.8 Å². The Balaban J connectivity index is 2.08. The maximum Gasteiger partial charge on any atom is 0.338 e. The fraction of sp³-hybridized carbons (Fsp3) is 0.364. The molecule has 0 aromatic heterocycles. The molecule has 2 aromatic carbocycles. The number of nitrogens with zero attached hydrogens (tertiary/aromatic N) is 2. The minimum Gasteiger partial charge on any atom is -0.457 e. The summed E-state index contributed by atoms with van der Waals surface area (Å²) in [7, 11) is 1.98. The third kappa shape index (κ3) is 5.19. The number of hydrogen-bond donors (Lipinski definition) is 0. The van der Waals surface area contributed by atoms with E-state index in [1.165, 1.54) is 5.56 Å². The Morgan fingerprint density at radius 2 is 1.73 bits per heavy atom. The molecule has 0 saturated heterocycles. The van der Waals surface area contributed by atoms with Crippen molar-refractivity contribution < 1.29 is 9.53 Å². The lowest BCUT2D eigenvalue weighted by molar-refractivity contribution is 0.0472. The van der Waals surface area contributed by atoms with Crippen molar-refractivity contribution in [1.29, 1.82) is 0 Å². The first kappa shape index (κ1) is 19.7. The van der Waals surface area contributed by atoms with Crippen LogP contribution in [0.5, 0.6) is 0 Å². The molecule has 0 aliphatic heterocycles. The molecule has 0 saturated carbocycles. The summed E-state index contributed by atoms with van der Waals surface area (Å²) >= 11 is 0. The molecule has 0 amide bonds. The van der Waals surface area contributed by atoms with E-state index < -0.39 is 0 Å². The summed E-state index contributed by atoms with van der Waals surface area (Å²) in [5.74, 6) is -0.300. The monoisotopic (exact) mass is 352 g/mol. The minimum atomic E-state index is -0.300. The van der Waals surface area contributed by atoms with Crippen molar-refractivity contribution in [2.24, 2.45) is 4.99 Å². The number of ether oxygens (including phenoxy) is 1. The standard InChI is InChI=1S/C22H28N2O2/c1-6-18-8-10-19(11-9-18)14-26-22(25)20-12-17(4)21(13-16(20)3)23-15-24(5)7-2/h8-13,15H,6-7,14H2,1-5H3. The van der Waals surface area contributed by atoms with Gasteiger partial charge in [-0.05, 0) is 61.6 Å². The van der Waals surface area contributed by atoms with Crippen LogP contribution in [0.15, 0.2) is 41.4 Å². The van der Waals surface area contributed by atoms with Gasteiger partial charge in [0.1, 0.15) is 6.61 Å². The van der Waals surface area contributed by atoms with Crippen LogP contribution in [0.2, 0.25) is 0 Å². The van der Waals surface area contributed by atoms with Gasteiger partial charge in [0.15, 0.2) is 0 Å². The van der Waals surface area contributed by atoms with Gasteiger partial charge in [0.05, 0.1) is 17.6 Å². The minimum absolute atomic E-state index is 0.280. The molecule has 0 bridgehead atoms. The SMILES string of the molecule is CCc1ccc(COC(=O)c2cc(C)c(N=CN(C)CC)cc2C)cc1. The molecule has 2 rings (SSSR count). The lowest BCUT2D eigenvalue weighted by Gasteiger charge is -2.12. The second kappa shape index (κ2) is 9.18. The molecule has 0 radical (unpaired) electrons. The van der Waals surface area contributed by atoms with E-state index >= 15 is 0 Å². The molecule has 2 aromatic rings. The van der Waals surface area contributed by atoms with Crippen LogP contribution in [0.3, 0.4) is 0 Å². The molecule has 0 N–H and O–H groups in total. The van der Waals surface area contributed by atoms with E-state index in [1.807, 2.05) is 50.1 Å². The van der Waals surface area contributed by atoms with Gasteiger partial charge >= 0.3 is 5.97 Å². The van der Waals surface area contributed by atoms with Crippen LogP contribution < -0.4 is 0 Å². The maximum atomic E-state index is 12.5. The van der Waals surface area contributed by atoms with Crippen LogP contribution in [0.1, 0.15) is 46.5 Å². The van der Waals surface area contributed by atoms with Crippen molar-refractivity contribution in [2.45, 2.75) is 40.7 Å². The molecule has 26 heavy (non-hydrogen) atoms. The molecule has 4 nitrogen and oxygen atoms in total. The molecule has 0 heterocycles. The van der Waals surface area contributed by atoms with E-state index in [0.29, 0.717) is 5.56 Å². The lowest BCUT2D eigenvalue weighted by Crippen LogP contribution is -2.14. The van der Waals surface area contributed by atoms with Crippen LogP contribution in [0, 0.1) is 13.8 Å². The Hall–Kier alpha value is -2.62. The van der Waals surface area contributed by atoms with Crippen LogP contribution >= 0.6 is 0 Å². The van der Waals surface area contributed by atoms with Gasteiger partial charge in [-0.25, -0.2) is 9.79 Å². The number of carbonyl (C=O) groups is 1. The Kier molecular flexibility index (Phi) is 6.96. The highest BCUT2D eigenvalue weighted by molar-refractivity contribution is 5.92. The van der Waals surface area contributed by atoms with Crippen LogP contribution in [0.4, 0.5) is 5.69 Å². The van der Waals surface area contributed by atoms with E-state index in [0.717, 1.165) is 35.3 Å². The molecule has 0 fully saturated rings. The number of benzene rings is 2. The Labute approximate surface area is 156 Å². The largest absolute Gasteiger partial charge is 0.457 e. The highest BCUT2D eigenvalue weighted by Crippen LogP contribution is 2.24. The molecule has 4 heteroatoms. The average Bonchev–Trinajstić information content (AvgIpc) is 2.66. The summed E-state index contributed by atoms with van der Waals surface area (Å²) in [6.07, 6.45) is 2.81. The van der Waals surface area contributed by atoms with Gasteiger partial charge in [0, 0.05) is 13.6 Å². The summed E-state index contributed by atoms with van der Waals surface area (Å²) in [5, 5.41) is 0. The van der Waals surface area contributed by atoms with Crippen molar-refractivity contribution in [2.75, 3.05) is 13.6 Å². The summed E-state index contributed by atoms with van der Waals surface area (Å²) in [6.45, 7) is 9.23. The highest BCUT2D eigenvalue weighted by atomic mass is 16.5. The number of aryl methyl sites for hydroxylation is 3. The number of esters is 1. The van der Waals surface area contributed by atoms with E-state index in [2.05, 4.69) is 31.0 Å². The van der Waals surface area contributed by atoms with Crippen molar-refractivity contribution in [3.05, 3.63) is 64.2 Å². The average molecular weight is 352 g/mol. The number of carbonyl (C=O) groups excluding carboxylic acids is 1. The van der Waals surface area contributed by atoms with E-state index in [1.54, 1.807) is 6.34 Å². The Morgan fingerprint density at radius 1 is 1.08 bits per heavy atom. The molecule has 0 atom stereocenters. The van der Waals surface area contributed by atoms with Crippen LogP contribution in [0.25, 0.3) is 0 Å². The van der Waals surface area contributed by atoms with Gasteiger partial charge in [-0.1, -0.05) is 31.2 Å². The Morgan fingerprint density at radius 3 is 2.35 bits per heavy atom. The van der Waals surface area contributed by atoms with E-state index in [-0.39, 0.29) is 12.6 Å². The van der Waals surface area contributed by atoms with Gasteiger partial charge in [-0.2, -0.15) is 0 Å². The van der Waals surface area contributed by atoms with Gasteiger partial charge < -0.3 is 9.64 Å². The van der Waals surface area contributed by atoms with E-state index in [9.17, 15) is 4.79 Å². The lowest BCUT2D eigenvalue weighted by atomic mass is 10.0. The second-order valence-electron chi connectivity index (χ2n) is 6.52. The first-order chi connectivity index (χ1) is 12.4. The van der Waals surface area contributed by atoms with Crippen LogP contribution in [-0.2, 0) is 17.8 Å². The third-order valence-electron chi connectivity index (χ3n) is 4.46.